The Hall–Kier alpha value is -2.32. The van der Waals surface area contributed by atoms with E-state index >= 15 is 0 Å². The molecule has 1 amide bonds. The summed E-state index contributed by atoms with van der Waals surface area (Å²) in [6.07, 6.45) is 3.73. The van der Waals surface area contributed by atoms with Crippen molar-refractivity contribution in [3.8, 4) is 17.0 Å². The zero-order valence-corrected chi connectivity index (χ0v) is 18.1. The molecule has 1 aromatic carbocycles. The highest BCUT2D eigenvalue weighted by Crippen LogP contribution is 2.47. The van der Waals surface area contributed by atoms with Crippen LogP contribution < -0.4 is 14.5 Å². The molecule has 2 aliphatic heterocycles. The van der Waals surface area contributed by atoms with Crippen LogP contribution in [0.3, 0.4) is 0 Å². The van der Waals surface area contributed by atoms with Crippen molar-refractivity contribution in [3.63, 3.8) is 0 Å². The van der Waals surface area contributed by atoms with Crippen LogP contribution in [0.25, 0.3) is 11.3 Å². The maximum Gasteiger partial charge on any atom is 0.412 e. The first-order chi connectivity index (χ1) is 14.3. The first-order valence-electron chi connectivity index (χ1n) is 10.6. The minimum Gasteiger partial charge on any atom is -0.489 e. The quantitative estimate of drug-likeness (QED) is 0.760. The molecule has 2 aromatic rings. The molecule has 1 aromatic heterocycles. The minimum atomic E-state index is -0.935. The molecule has 2 fully saturated rings. The summed E-state index contributed by atoms with van der Waals surface area (Å²) in [4.78, 5) is 20.4. The molecule has 0 bridgehead atoms. The molecule has 1 saturated heterocycles. The third-order valence-electron chi connectivity index (χ3n) is 6.50. The Morgan fingerprint density at radius 1 is 1.30 bits per heavy atom. The van der Waals surface area contributed by atoms with Crippen LogP contribution >= 0.6 is 11.3 Å². The van der Waals surface area contributed by atoms with Gasteiger partial charge in [-0.3, -0.25) is 4.90 Å². The average molecular weight is 430 g/mol. The van der Waals surface area contributed by atoms with Gasteiger partial charge >= 0.3 is 6.09 Å². The number of aliphatic hydroxyl groups is 1. The molecule has 5 rings (SSSR count). The fraction of sp³-hybridized carbons (Fsp3) is 0.545. The van der Waals surface area contributed by atoms with Gasteiger partial charge in [0.25, 0.3) is 0 Å². The zero-order chi connectivity index (χ0) is 21.0. The number of fused-ring (bicyclic) bond motifs is 1. The number of ether oxygens (including phenoxy) is 1. The summed E-state index contributed by atoms with van der Waals surface area (Å²) >= 11 is 1.56. The highest BCUT2D eigenvalue weighted by molar-refractivity contribution is 7.14. The maximum atomic E-state index is 12.1. The van der Waals surface area contributed by atoms with Gasteiger partial charge in [-0.1, -0.05) is 0 Å². The van der Waals surface area contributed by atoms with E-state index in [1.54, 1.807) is 11.3 Å². The lowest BCUT2D eigenvalue weighted by molar-refractivity contribution is 0.119. The van der Waals surface area contributed by atoms with Crippen LogP contribution in [-0.2, 0) is 6.42 Å². The van der Waals surface area contributed by atoms with Crippen molar-refractivity contribution >= 4 is 28.2 Å². The van der Waals surface area contributed by atoms with Crippen molar-refractivity contribution in [3.05, 3.63) is 23.1 Å². The van der Waals surface area contributed by atoms with Crippen molar-refractivity contribution in [2.24, 2.45) is 0 Å². The second kappa shape index (κ2) is 7.13. The van der Waals surface area contributed by atoms with Crippen LogP contribution in [0.5, 0.6) is 5.75 Å². The Kier molecular flexibility index (Phi) is 4.67. The summed E-state index contributed by atoms with van der Waals surface area (Å²) in [6, 6.07) is 3.85. The normalized spacial score (nSPS) is 21.0. The fourth-order valence-corrected chi connectivity index (χ4v) is 5.28. The maximum absolute atomic E-state index is 12.1. The molecule has 0 atom stereocenters. The summed E-state index contributed by atoms with van der Waals surface area (Å²) in [5.41, 5.74) is 3.00. The number of β-amino-alcohol motifs (C(OH)–C–C–N with tert-alkyl or cyclic N) is 1. The summed E-state index contributed by atoms with van der Waals surface area (Å²) < 4.78 is 6.45. The lowest BCUT2D eigenvalue weighted by Crippen LogP contribution is -2.50. The van der Waals surface area contributed by atoms with Gasteiger partial charge in [-0.2, -0.15) is 0 Å². The number of anilines is 2. The summed E-state index contributed by atoms with van der Waals surface area (Å²) in [5.74, 6) is 0.791. The number of hydrogen-bond acceptors (Lipinski definition) is 6. The minimum absolute atomic E-state index is 0.187. The smallest absolute Gasteiger partial charge is 0.412 e. The van der Waals surface area contributed by atoms with Crippen molar-refractivity contribution in [2.75, 3.05) is 22.9 Å². The van der Waals surface area contributed by atoms with Crippen molar-refractivity contribution in [2.45, 2.75) is 63.7 Å². The molecule has 30 heavy (non-hydrogen) atoms. The SMILES string of the molecule is CC1(C)CCc2c(ccc(-c3csc(N4CC(O)C4)n3)c2OC2CCC2)N1C(=O)O. The van der Waals surface area contributed by atoms with E-state index in [4.69, 9.17) is 9.72 Å². The number of carbonyl (C=O) groups is 1. The molecular weight excluding hydrogens is 402 g/mol. The van der Waals surface area contributed by atoms with Crippen molar-refractivity contribution in [1.82, 2.24) is 4.98 Å². The van der Waals surface area contributed by atoms with Crippen molar-refractivity contribution in [1.29, 1.82) is 0 Å². The number of thiazole rings is 1. The Morgan fingerprint density at radius 2 is 2.07 bits per heavy atom. The Bertz CT molecular complexity index is 979. The molecule has 8 heteroatoms. The first-order valence-corrected chi connectivity index (χ1v) is 11.5. The van der Waals surface area contributed by atoms with Gasteiger partial charge in [0.2, 0.25) is 0 Å². The number of aliphatic hydroxyl groups excluding tert-OH is 1. The van der Waals surface area contributed by atoms with Gasteiger partial charge in [0.05, 0.1) is 23.6 Å². The first kappa shape index (κ1) is 19.6. The van der Waals surface area contributed by atoms with E-state index in [9.17, 15) is 15.0 Å². The molecule has 1 saturated carbocycles. The van der Waals surface area contributed by atoms with E-state index in [1.165, 1.54) is 11.3 Å². The number of aromatic nitrogens is 1. The van der Waals surface area contributed by atoms with E-state index in [0.717, 1.165) is 59.1 Å². The van der Waals surface area contributed by atoms with Crippen LogP contribution in [0, 0.1) is 0 Å². The lowest BCUT2D eigenvalue weighted by Gasteiger charge is -2.42. The highest BCUT2D eigenvalue weighted by atomic mass is 32.1. The second-order valence-electron chi connectivity index (χ2n) is 9.12. The van der Waals surface area contributed by atoms with Crippen LogP contribution in [0.4, 0.5) is 15.6 Å². The van der Waals surface area contributed by atoms with Crippen molar-refractivity contribution < 1.29 is 19.7 Å². The molecule has 0 radical (unpaired) electrons. The lowest BCUT2D eigenvalue weighted by atomic mass is 9.85. The number of nitrogens with zero attached hydrogens (tertiary/aromatic N) is 3. The monoisotopic (exact) mass is 429 g/mol. The fourth-order valence-electron chi connectivity index (χ4n) is 4.44. The van der Waals surface area contributed by atoms with Gasteiger partial charge in [0.1, 0.15) is 5.75 Å². The average Bonchev–Trinajstić information content (AvgIpc) is 3.09. The number of amides is 1. The van der Waals surface area contributed by atoms with Gasteiger partial charge in [-0.05, 0) is 58.1 Å². The van der Waals surface area contributed by atoms with Gasteiger partial charge in [-0.25, -0.2) is 9.78 Å². The van der Waals surface area contributed by atoms with Gasteiger partial charge in [-0.15, -0.1) is 11.3 Å². The molecule has 0 unspecified atom stereocenters. The van der Waals surface area contributed by atoms with Gasteiger partial charge < -0.3 is 19.8 Å². The predicted molar refractivity (Wildman–Crippen MR) is 117 cm³/mol. The topological polar surface area (TPSA) is 86.1 Å². The standard InChI is InChI=1S/C22H27N3O4S/c1-22(2)9-8-16-18(25(22)21(27)28)7-6-15(19(16)29-14-4-3-5-14)17-12-30-20(23-17)24-10-13(26)11-24/h6-7,12-14,26H,3-5,8-11H2,1-2H3,(H,27,28). The zero-order valence-electron chi connectivity index (χ0n) is 17.3. The molecular formula is C22H27N3O4S. The Labute approximate surface area is 179 Å². The molecule has 160 valence electrons. The van der Waals surface area contributed by atoms with E-state index < -0.39 is 11.6 Å². The molecule has 3 aliphatic rings. The third-order valence-corrected chi connectivity index (χ3v) is 7.40. The van der Waals surface area contributed by atoms with E-state index in [1.807, 2.05) is 31.4 Å². The van der Waals surface area contributed by atoms with E-state index in [0.29, 0.717) is 13.1 Å². The van der Waals surface area contributed by atoms with Crippen LogP contribution in [0.2, 0.25) is 0 Å². The number of rotatable bonds is 4. The predicted octanol–water partition coefficient (Wildman–Crippen LogP) is 4.13. The second-order valence-corrected chi connectivity index (χ2v) is 9.95. The molecule has 7 nitrogen and oxygen atoms in total. The summed E-state index contributed by atoms with van der Waals surface area (Å²) in [6.45, 7) is 5.17. The summed E-state index contributed by atoms with van der Waals surface area (Å²) in [5, 5.41) is 22.4. The number of benzene rings is 1. The number of hydrogen-bond donors (Lipinski definition) is 2. The Balaban J connectivity index is 1.57. The van der Waals surface area contributed by atoms with Gasteiger partial charge in [0.15, 0.2) is 5.13 Å². The molecule has 1 aliphatic carbocycles. The van der Waals surface area contributed by atoms with Crippen LogP contribution in [0.1, 0.15) is 45.1 Å². The van der Waals surface area contributed by atoms with E-state index in [2.05, 4.69) is 4.90 Å². The highest BCUT2D eigenvalue weighted by Gasteiger charge is 2.39. The number of carboxylic acid groups (broad SMARTS) is 1. The third kappa shape index (κ3) is 3.22. The Morgan fingerprint density at radius 3 is 2.70 bits per heavy atom. The van der Waals surface area contributed by atoms with Crippen LogP contribution in [-0.4, -0.2) is 52.1 Å². The largest absolute Gasteiger partial charge is 0.489 e. The molecule has 2 N–H and O–H groups in total. The molecule has 0 spiro atoms. The molecule has 3 heterocycles. The van der Waals surface area contributed by atoms with E-state index in [-0.39, 0.29) is 12.2 Å². The van der Waals surface area contributed by atoms with Gasteiger partial charge in [0, 0.05) is 35.1 Å². The summed E-state index contributed by atoms with van der Waals surface area (Å²) in [7, 11) is 0. The van der Waals surface area contributed by atoms with Crippen LogP contribution in [0.15, 0.2) is 17.5 Å².